The lowest BCUT2D eigenvalue weighted by atomic mass is 9.97. The van der Waals surface area contributed by atoms with Crippen molar-refractivity contribution in [1.82, 2.24) is 0 Å². The Morgan fingerprint density at radius 3 is 1.21 bits per heavy atom. The van der Waals surface area contributed by atoms with Gasteiger partial charge >= 0.3 is 9.28 Å². The minimum Gasteiger partial charge on any atom is -0.425 e. The maximum absolute atomic E-state index is 5.88. The Balaban J connectivity index is 0.000000292. The van der Waals surface area contributed by atoms with E-state index in [1.54, 1.807) is 0 Å². The largest absolute Gasteiger partial charge is 0.425 e. The van der Waals surface area contributed by atoms with Gasteiger partial charge in [-0.25, -0.2) is 0 Å². The smallest absolute Gasteiger partial charge is 0.305 e. The van der Waals surface area contributed by atoms with Gasteiger partial charge in [0.2, 0.25) is 0 Å². The third-order valence-electron chi connectivity index (χ3n) is 4.07. The molecule has 0 bridgehead atoms. The van der Waals surface area contributed by atoms with Crippen molar-refractivity contribution in [2.75, 3.05) is 0 Å². The van der Waals surface area contributed by atoms with Crippen LogP contribution in [0.2, 0.25) is 5.54 Å². The van der Waals surface area contributed by atoms with Crippen molar-refractivity contribution in [3.8, 4) is 0 Å². The Morgan fingerprint density at radius 2 is 0.929 bits per heavy atom. The molecule has 1 saturated heterocycles. The summed E-state index contributed by atoms with van der Waals surface area (Å²) in [6.07, 6.45) is 1.09. The number of rotatable bonds is 2. The standard InChI is InChI=1S/C6H6Cl6.C4H20O6Si6/c7-1-2(8)4(10)6(12)5(11)3(1)9;1-3-4(2)16-9-14-7-12-5-11-6-13-8-15-10-16/h1-6H;4,16H,3,11-15H2,1-2H3. The molecule has 0 aromatic heterocycles. The number of hydrogen-bond acceptors (Lipinski definition) is 6. The lowest BCUT2D eigenvalue weighted by Gasteiger charge is -2.37. The van der Waals surface area contributed by atoms with Crippen molar-refractivity contribution in [3.63, 3.8) is 0 Å². The number of halogens is 6. The van der Waals surface area contributed by atoms with Gasteiger partial charge in [0.15, 0.2) is 0 Å². The first-order valence-corrected chi connectivity index (χ1v) is 18.7. The van der Waals surface area contributed by atoms with Gasteiger partial charge in [-0.1, -0.05) is 20.3 Å². The highest BCUT2D eigenvalue weighted by Gasteiger charge is 2.46. The van der Waals surface area contributed by atoms with Crippen LogP contribution in [0.3, 0.4) is 0 Å². The van der Waals surface area contributed by atoms with E-state index in [1.807, 2.05) is 0 Å². The minimum atomic E-state index is -1.56. The van der Waals surface area contributed by atoms with Crippen molar-refractivity contribution in [2.24, 2.45) is 0 Å². The van der Waals surface area contributed by atoms with E-state index in [9.17, 15) is 0 Å². The molecule has 1 aliphatic carbocycles. The van der Waals surface area contributed by atoms with Crippen molar-refractivity contribution in [1.29, 1.82) is 0 Å². The molecule has 0 amide bonds. The average molecular weight is 624 g/mol. The van der Waals surface area contributed by atoms with Crippen molar-refractivity contribution < 1.29 is 24.7 Å². The maximum atomic E-state index is 5.88. The van der Waals surface area contributed by atoms with Gasteiger partial charge in [0.05, 0.1) is 32.3 Å². The van der Waals surface area contributed by atoms with E-state index in [-0.39, 0.29) is 0 Å². The SMILES string of the molecule is CCC(C)[SiH]1O[SiH2]O[SiH2]O[SiH2]O[SiH2]O[SiH2]O1.ClC1C(Cl)C(Cl)C(Cl)C(Cl)C1Cl. The van der Waals surface area contributed by atoms with Crippen LogP contribution >= 0.6 is 69.6 Å². The molecular weight excluding hydrogens is 597 g/mol. The van der Waals surface area contributed by atoms with E-state index in [2.05, 4.69) is 13.8 Å². The van der Waals surface area contributed by atoms with Gasteiger partial charge in [-0.15, -0.1) is 69.6 Å². The van der Waals surface area contributed by atoms with E-state index in [4.69, 9.17) is 94.3 Å². The quantitative estimate of drug-likeness (QED) is 0.313. The molecule has 0 N–H and O–H groups in total. The van der Waals surface area contributed by atoms with Crippen LogP contribution in [0.1, 0.15) is 20.3 Å². The Hall–Kier alpha value is 2.80. The molecule has 1 atom stereocenters. The number of alkyl halides is 6. The Kier molecular flexibility index (Phi) is 16.9. The second-order valence-corrected chi connectivity index (χ2v) is 21.4. The highest BCUT2D eigenvalue weighted by atomic mass is 35.5. The molecule has 0 aromatic carbocycles. The van der Waals surface area contributed by atoms with Crippen LogP contribution in [-0.2, 0) is 24.7 Å². The molecule has 0 spiro atoms. The summed E-state index contributed by atoms with van der Waals surface area (Å²) in [5.74, 6) is 0. The van der Waals surface area contributed by atoms with Crippen molar-refractivity contribution in [3.05, 3.63) is 0 Å². The molecule has 6 nitrogen and oxygen atoms in total. The van der Waals surface area contributed by atoms with E-state index < -0.39 is 91.6 Å². The first kappa shape index (κ1) is 28.8. The van der Waals surface area contributed by atoms with E-state index >= 15 is 0 Å². The van der Waals surface area contributed by atoms with Crippen LogP contribution in [0.4, 0.5) is 0 Å². The summed E-state index contributed by atoms with van der Waals surface area (Å²) >= 11 is 35.3. The minimum absolute atomic E-state index is 0.437. The Bertz CT molecular complexity index is 357. The van der Waals surface area contributed by atoms with E-state index in [0.717, 1.165) is 6.42 Å². The van der Waals surface area contributed by atoms with Gasteiger partial charge in [-0.2, -0.15) is 0 Å². The first-order valence-electron chi connectivity index (χ1n) is 8.69. The summed E-state index contributed by atoms with van der Waals surface area (Å²) in [6.45, 7) is 4.34. The fraction of sp³-hybridized carbons (Fsp3) is 1.00. The third-order valence-corrected chi connectivity index (χ3v) is 18.5. The lowest BCUT2D eigenvalue weighted by molar-refractivity contribution is 0.327. The van der Waals surface area contributed by atoms with Crippen LogP contribution in [0.5, 0.6) is 0 Å². The highest BCUT2D eigenvalue weighted by molar-refractivity contribution is 6.60. The van der Waals surface area contributed by atoms with Gasteiger partial charge < -0.3 is 24.7 Å². The molecule has 168 valence electrons. The molecule has 1 unspecified atom stereocenters. The first-order chi connectivity index (χ1) is 13.3. The highest BCUT2D eigenvalue weighted by Crippen LogP contribution is 2.39. The molecule has 2 fully saturated rings. The zero-order chi connectivity index (χ0) is 21.1. The topological polar surface area (TPSA) is 55.4 Å². The van der Waals surface area contributed by atoms with Crippen LogP contribution < -0.4 is 0 Å². The molecule has 2 rings (SSSR count). The molecule has 2 aliphatic rings. The van der Waals surface area contributed by atoms with Gasteiger partial charge in [0, 0.05) is 0 Å². The Labute approximate surface area is 210 Å². The zero-order valence-electron chi connectivity index (χ0n) is 15.6. The molecular formula is C10H26Cl6O6Si6. The summed E-state index contributed by atoms with van der Waals surface area (Å²) in [7, 11) is -5.87. The predicted octanol–water partition coefficient (Wildman–Crippen LogP) is -0.241. The zero-order valence-corrected chi connectivity index (χ0v) is 28.3. The summed E-state index contributed by atoms with van der Waals surface area (Å²) < 4.78 is 33.3. The van der Waals surface area contributed by atoms with Crippen LogP contribution in [0, 0.1) is 0 Å². The van der Waals surface area contributed by atoms with Crippen LogP contribution in [-0.4, -0.2) is 91.6 Å². The second kappa shape index (κ2) is 16.4. The average Bonchev–Trinajstić information content (AvgIpc) is 2.69. The summed E-state index contributed by atoms with van der Waals surface area (Å²) in [5, 5.41) is -2.62. The molecule has 1 aliphatic heterocycles. The van der Waals surface area contributed by atoms with Crippen molar-refractivity contribution >= 4 is 129 Å². The van der Waals surface area contributed by atoms with Gasteiger partial charge in [0.1, 0.15) is 0 Å². The molecule has 0 aromatic rings. The number of hydrogen-bond donors (Lipinski definition) is 0. The van der Waals surface area contributed by atoms with E-state index in [1.165, 1.54) is 0 Å². The summed E-state index contributed by atoms with van der Waals surface area (Å²) in [6, 6.07) is 0. The monoisotopic (exact) mass is 620 g/mol. The fourth-order valence-corrected chi connectivity index (χ4v) is 18.0. The summed E-state index contributed by atoms with van der Waals surface area (Å²) in [5.41, 5.74) is 0.523. The van der Waals surface area contributed by atoms with Gasteiger partial charge in [0.25, 0.3) is 50.0 Å². The third kappa shape index (κ3) is 10.2. The van der Waals surface area contributed by atoms with Gasteiger partial charge in [-0.3, -0.25) is 0 Å². The second-order valence-electron chi connectivity index (χ2n) is 6.16. The maximum Gasteiger partial charge on any atom is 0.305 e. The molecule has 18 heteroatoms. The van der Waals surface area contributed by atoms with Crippen molar-refractivity contribution in [2.45, 2.75) is 58.1 Å². The van der Waals surface area contributed by atoms with Crippen LogP contribution in [0.15, 0.2) is 0 Å². The Morgan fingerprint density at radius 1 is 0.643 bits per heavy atom. The lowest BCUT2D eigenvalue weighted by Crippen LogP contribution is -2.52. The molecule has 28 heavy (non-hydrogen) atoms. The predicted molar refractivity (Wildman–Crippen MR) is 134 cm³/mol. The summed E-state index contributed by atoms with van der Waals surface area (Å²) in [4.78, 5) is 0. The molecule has 0 radical (unpaired) electrons. The fourth-order valence-electron chi connectivity index (χ4n) is 2.17. The van der Waals surface area contributed by atoms with E-state index in [0.29, 0.717) is 5.54 Å². The normalized spacial score (nSPS) is 43.9. The molecule has 1 heterocycles. The van der Waals surface area contributed by atoms with Gasteiger partial charge in [-0.05, 0) is 5.54 Å². The molecule has 1 saturated carbocycles. The van der Waals surface area contributed by atoms with Crippen LogP contribution in [0.25, 0.3) is 0 Å².